The minimum absolute atomic E-state index is 0.175. The molecule has 0 saturated heterocycles. The van der Waals surface area contributed by atoms with Crippen molar-refractivity contribution in [2.24, 2.45) is 5.92 Å². The zero-order valence-electron chi connectivity index (χ0n) is 20.6. The number of sulfonamides is 1. The molecule has 2 amide bonds. The van der Waals surface area contributed by atoms with Crippen molar-refractivity contribution in [3.63, 3.8) is 0 Å². The maximum absolute atomic E-state index is 13.6. The number of aryl methyl sites for hydroxylation is 1. The van der Waals surface area contributed by atoms with Crippen LogP contribution in [-0.4, -0.2) is 50.5 Å². The molecule has 1 N–H and O–H groups in total. The van der Waals surface area contributed by atoms with Crippen LogP contribution in [0.4, 0.5) is 5.69 Å². The van der Waals surface area contributed by atoms with Crippen molar-refractivity contribution in [3.8, 4) is 0 Å². The fourth-order valence-electron chi connectivity index (χ4n) is 3.47. The van der Waals surface area contributed by atoms with E-state index >= 15 is 0 Å². The fourth-order valence-corrected chi connectivity index (χ4v) is 4.54. The predicted octanol–water partition coefficient (Wildman–Crippen LogP) is 3.91. The van der Waals surface area contributed by atoms with E-state index in [4.69, 9.17) is 11.6 Å². The molecule has 0 unspecified atom stereocenters. The number of halogens is 1. The topological polar surface area (TPSA) is 86.8 Å². The number of anilines is 1. The smallest absolute Gasteiger partial charge is 0.244 e. The van der Waals surface area contributed by atoms with Gasteiger partial charge in [-0.25, -0.2) is 8.42 Å². The van der Waals surface area contributed by atoms with Gasteiger partial charge in [-0.05, 0) is 55.5 Å². The second-order valence-corrected chi connectivity index (χ2v) is 11.2. The summed E-state index contributed by atoms with van der Waals surface area (Å²) < 4.78 is 26.4. The van der Waals surface area contributed by atoms with Gasteiger partial charge in [0.1, 0.15) is 12.6 Å². The van der Waals surface area contributed by atoms with Crippen LogP contribution >= 0.6 is 11.6 Å². The van der Waals surface area contributed by atoms with Crippen molar-refractivity contribution in [1.29, 1.82) is 0 Å². The largest absolute Gasteiger partial charge is 0.354 e. The molecule has 7 nitrogen and oxygen atoms in total. The summed E-state index contributed by atoms with van der Waals surface area (Å²) in [6, 6.07) is 11.7. The average molecular weight is 508 g/mol. The number of carbonyl (C=O) groups excluding carboxylic acids is 2. The van der Waals surface area contributed by atoms with Crippen LogP contribution in [0, 0.1) is 19.8 Å². The molecule has 0 fully saturated rings. The summed E-state index contributed by atoms with van der Waals surface area (Å²) in [6.45, 7) is 9.46. The third-order valence-corrected chi connectivity index (χ3v) is 7.18. The van der Waals surface area contributed by atoms with Gasteiger partial charge in [-0.2, -0.15) is 0 Å². The molecule has 9 heteroatoms. The standard InChI is InChI=1S/C25H34ClN3O4S/c1-17(2)14-27-25(31)20(5)28(15-21-11-8-7-10-18(21)3)24(30)16-29(34(6,32)33)23-13-9-12-22(26)19(23)4/h7-13,17,20H,14-16H2,1-6H3,(H,27,31)/t20-/m1/s1. The van der Waals surface area contributed by atoms with Crippen molar-refractivity contribution in [3.05, 3.63) is 64.2 Å². The minimum Gasteiger partial charge on any atom is -0.354 e. The first-order valence-electron chi connectivity index (χ1n) is 11.2. The number of rotatable bonds is 10. The van der Waals surface area contributed by atoms with Gasteiger partial charge >= 0.3 is 0 Å². The summed E-state index contributed by atoms with van der Waals surface area (Å²) in [4.78, 5) is 27.9. The molecule has 2 aromatic carbocycles. The third-order valence-electron chi connectivity index (χ3n) is 5.64. The Bertz CT molecular complexity index is 1130. The van der Waals surface area contributed by atoms with E-state index in [1.54, 1.807) is 32.0 Å². The Labute approximate surface area is 208 Å². The molecule has 2 rings (SSSR count). The van der Waals surface area contributed by atoms with Crippen LogP contribution in [0.1, 0.15) is 37.5 Å². The molecule has 0 spiro atoms. The molecule has 0 aliphatic carbocycles. The van der Waals surface area contributed by atoms with Crippen LogP contribution in [0.3, 0.4) is 0 Å². The Kier molecular flexibility index (Phi) is 9.53. The summed E-state index contributed by atoms with van der Waals surface area (Å²) >= 11 is 6.21. The molecule has 2 aromatic rings. The van der Waals surface area contributed by atoms with Gasteiger partial charge in [0.05, 0.1) is 11.9 Å². The lowest BCUT2D eigenvalue weighted by Crippen LogP contribution is -2.51. The SMILES string of the molecule is Cc1ccccc1CN(C(=O)CN(c1cccc(Cl)c1C)S(C)(=O)=O)[C@H](C)C(=O)NCC(C)C. The van der Waals surface area contributed by atoms with E-state index in [9.17, 15) is 18.0 Å². The van der Waals surface area contributed by atoms with Crippen molar-refractivity contribution >= 4 is 39.1 Å². The van der Waals surface area contributed by atoms with Gasteiger partial charge in [-0.1, -0.05) is 55.8 Å². The van der Waals surface area contributed by atoms with E-state index in [-0.39, 0.29) is 18.4 Å². The number of hydrogen-bond acceptors (Lipinski definition) is 4. The van der Waals surface area contributed by atoms with Gasteiger partial charge in [-0.15, -0.1) is 0 Å². The molecule has 0 aliphatic rings. The molecule has 0 heterocycles. The maximum Gasteiger partial charge on any atom is 0.244 e. The lowest BCUT2D eigenvalue weighted by molar-refractivity contribution is -0.139. The highest BCUT2D eigenvalue weighted by Crippen LogP contribution is 2.28. The zero-order chi connectivity index (χ0) is 25.6. The lowest BCUT2D eigenvalue weighted by Gasteiger charge is -2.32. The van der Waals surface area contributed by atoms with E-state index in [2.05, 4.69) is 5.32 Å². The van der Waals surface area contributed by atoms with Gasteiger partial charge < -0.3 is 10.2 Å². The Morgan fingerprint density at radius 1 is 1.03 bits per heavy atom. The number of amides is 2. The highest BCUT2D eigenvalue weighted by molar-refractivity contribution is 7.92. The monoisotopic (exact) mass is 507 g/mol. The van der Waals surface area contributed by atoms with Gasteiger partial charge in [0.25, 0.3) is 0 Å². The highest BCUT2D eigenvalue weighted by Gasteiger charge is 2.31. The molecular formula is C25H34ClN3O4S. The Hall–Kier alpha value is -2.58. The summed E-state index contributed by atoms with van der Waals surface area (Å²) in [5.41, 5.74) is 2.73. The summed E-state index contributed by atoms with van der Waals surface area (Å²) in [5.74, 6) is -0.524. The second-order valence-electron chi connectivity index (χ2n) is 8.92. The molecular weight excluding hydrogens is 474 g/mol. The first-order valence-corrected chi connectivity index (χ1v) is 13.4. The number of hydrogen-bond donors (Lipinski definition) is 1. The summed E-state index contributed by atoms with van der Waals surface area (Å²) in [6.07, 6.45) is 1.05. The van der Waals surface area contributed by atoms with Crippen molar-refractivity contribution < 1.29 is 18.0 Å². The van der Waals surface area contributed by atoms with E-state index in [1.807, 2.05) is 45.0 Å². The molecule has 0 aromatic heterocycles. The third kappa shape index (κ3) is 7.21. The van der Waals surface area contributed by atoms with Gasteiger partial charge in [0.2, 0.25) is 21.8 Å². The van der Waals surface area contributed by atoms with Crippen LogP contribution in [0.25, 0.3) is 0 Å². The number of nitrogens with one attached hydrogen (secondary N) is 1. The average Bonchev–Trinajstić information content (AvgIpc) is 2.76. The van der Waals surface area contributed by atoms with Gasteiger partial charge in [-0.3, -0.25) is 13.9 Å². The normalized spacial score (nSPS) is 12.4. The molecule has 0 radical (unpaired) electrons. The van der Waals surface area contributed by atoms with Gasteiger partial charge in [0, 0.05) is 18.1 Å². The quantitative estimate of drug-likeness (QED) is 0.528. The van der Waals surface area contributed by atoms with Gasteiger partial charge in [0.15, 0.2) is 0 Å². The van der Waals surface area contributed by atoms with Crippen LogP contribution in [-0.2, 0) is 26.2 Å². The molecule has 0 bridgehead atoms. The number of benzene rings is 2. The van der Waals surface area contributed by atoms with E-state index in [0.29, 0.717) is 22.8 Å². The first kappa shape index (κ1) is 27.7. The molecule has 0 saturated carbocycles. The first-order chi connectivity index (χ1) is 15.8. The Morgan fingerprint density at radius 2 is 1.68 bits per heavy atom. The Morgan fingerprint density at radius 3 is 2.26 bits per heavy atom. The predicted molar refractivity (Wildman–Crippen MR) is 137 cm³/mol. The van der Waals surface area contributed by atoms with E-state index in [1.165, 1.54) is 4.90 Å². The van der Waals surface area contributed by atoms with Crippen LogP contribution in [0.5, 0.6) is 0 Å². The number of carbonyl (C=O) groups is 2. The van der Waals surface area contributed by atoms with Crippen molar-refractivity contribution in [1.82, 2.24) is 10.2 Å². The maximum atomic E-state index is 13.6. The summed E-state index contributed by atoms with van der Waals surface area (Å²) in [5, 5.41) is 3.27. The molecule has 1 atom stereocenters. The molecule has 186 valence electrons. The Balaban J connectivity index is 2.43. The lowest BCUT2D eigenvalue weighted by atomic mass is 10.1. The van der Waals surface area contributed by atoms with Crippen molar-refractivity contribution in [2.45, 2.75) is 47.2 Å². The second kappa shape index (κ2) is 11.7. The molecule has 0 aliphatic heterocycles. The van der Waals surface area contributed by atoms with Crippen LogP contribution in [0.15, 0.2) is 42.5 Å². The van der Waals surface area contributed by atoms with Crippen LogP contribution in [0.2, 0.25) is 5.02 Å². The van der Waals surface area contributed by atoms with E-state index < -0.39 is 28.5 Å². The minimum atomic E-state index is -3.81. The highest BCUT2D eigenvalue weighted by atomic mass is 35.5. The van der Waals surface area contributed by atoms with Crippen LogP contribution < -0.4 is 9.62 Å². The van der Waals surface area contributed by atoms with E-state index in [0.717, 1.165) is 21.7 Å². The van der Waals surface area contributed by atoms with Crippen molar-refractivity contribution in [2.75, 3.05) is 23.7 Å². The number of nitrogens with zero attached hydrogens (tertiary/aromatic N) is 2. The molecule has 34 heavy (non-hydrogen) atoms. The summed E-state index contributed by atoms with van der Waals surface area (Å²) in [7, 11) is -3.81. The fraction of sp³-hybridized carbons (Fsp3) is 0.440. The zero-order valence-corrected chi connectivity index (χ0v) is 22.2.